The van der Waals surface area contributed by atoms with Crippen molar-refractivity contribution >= 4 is 40.5 Å². The smallest absolute Gasteiger partial charge is 0.173 e. The largest absolute Gasteiger partial charge is 0.367 e. The highest BCUT2D eigenvalue weighted by molar-refractivity contribution is 7.98. The summed E-state index contributed by atoms with van der Waals surface area (Å²) >= 11 is 7.50. The molecule has 1 saturated heterocycles. The molecule has 3 nitrogen and oxygen atoms in total. The molecule has 0 atom stereocenters. The van der Waals surface area contributed by atoms with E-state index in [9.17, 15) is 0 Å². The number of hydrogen-bond acceptors (Lipinski definition) is 3. The number of aryl methyl sites for hydroxylation is 3. The molecule has 0 unspecified atom stereocenters. The Balaban J connectivity index is 1.63. The molecule has 0 saturated carbocycles. The van der Waals surface area contributed by atoms with E-state index < -0.39 is 0 Å². The Morgan fingerprint density at radius 3 is 2.31 bits per heavy atom. The second kappa shape index (κ2) is 8.31. The number of piperazine rings is 1. The quantitative estimate of drug-likeness (QED) is 0.599. The average molecular weight is 386 g/mol. The first kappa shape index (κ1) is 19.1. The van der Waals surface area contributed by atoms with E-state index in [1.165, 1.54) is 27.3 Å². The molecule has 2 aromatic carbocycles. The maximum atomic E-state index is 5.69. The number of anilines is 2. The van der Waals surface area contributed by atoms with Crippen molar-refractivity contribution in [3.05, 3.63) is 53.1 Å². The summed E-state index contributed by atoms with van der Waals surface area (Å²) in [6.07, 6.45) is 2.14. The first-order valence-electron chi connectivity index (χ1n) is 9.01. The van der Waals surface area contributed by atoms with Gasteiger partial charge in [-0.25, -0.2) is 0 Å². The van der Waals surface area contributed by atoms with Gasteiger partial charge in [-0.1, -0.05) is 18.2 Å². The summed E-state index contributed by atoms with van der Waals surface area (Å²) in [6, 6.07) is 13.1. The van der Waals surface area contributed by atoms with Crippen molar-refractivity contribution in [1.29, 1.82) is 0 Å². The summed E-state index contributed by atoms with van der Waals surface area (Å²) in [6.45, 7) is 10.3. The Kier molecular flexibility index (Phi) is 6.09. The van der Waals surface area contributed by atoms with E-state index in [0.717, 1.165) is 37.0 Å². The minimum absolute atomic E-state index is 0.828. The van der Waals surface area contributed by atoms with E-state index >= 15 is 0 Å². The number of hydrogen-bond donors (Lipinski definition) is 1. The predicted molar refractivity (Wildman–Crippen MR) is 119 cm³/mol. The molecule has 1 heterocycles. The third-order valence-electron chi connectivity index (χ3n) is 5.08. The van der Waals surface area contributed by atoms with Crippen molar-refractivity contribution in [2.45, 2.75) is 25.7 Å². The SMILES string of the molecule is CSc1ccccc1N1CCN(C(=S)Nc2cc(C)c(C)cc2C)CC1. The monoisotopic (exact) mass is 385 g/mol. The number of para-hydroxylation sites is 1. The summed E-state index contributed by atoms with van der Waals surface area (Å²) in [7, 11) is 0. The fourth-order valence-electron chi connectivity index (χ4n) is 3.33. The highest BCUT2D eigenvalue weighted by atomic mass is 32.2. The molecule has 0 aromatic heterocycles. The zero-order valence-electron chi connectivity index (χ0n) is 16.0. The van der Waals surface area contributed by atoms with E-state index in [1.54, 1.807) is 0 Å². The molecular weight excluding hydrogens is 358 g/mol. The first-order chi connectivity index (χ1) is 12.5. The van der Waals surface area contributed by atoms with Crippen molar-refractivity contribution in [3.8, 4) is 0 Å². The highest BCUT2D eigenvalue weighted by Gasteiger charge is 2.21. The van der Waals surface area contributed by atoms with Crippen molar-refractivity contribution in [2.75, 3.05) is 42.7 Å². The molecule has 1 aliphatic rings. The fraction of sp³-hybridized carbons (Fsp3) is 0.381. The van der Waals surface area contributed by atoms with E-state index in [2.05, 4.69) is 78.5 Å². The minimum Gasteiger partial charge on any atom is -0.367 e. The zero-order chi connectivity index (χ0) is 18.7. The zero-order valence-corrected chi connectivity index (χ0v) is 17.6. The molecule has 26 heavy (non-hydrogen) atoms. The van der Waals surface area contributed by atoms with Crippen molar-refractivity contribution in [3.63, 3.8) is 0 Å². The highest BCUT2D eigenvalue weighted by Crippen LogP contribution is 2.29. The number of nitrogens with one attached hydrogen (secondary N) is 1. The maximum absolute atomic E-state index is 5.69. The van der Waals surface area contributed by atoms with Crippen LogP contribution >= 0.6 is 24.0 Å². The summed E-state index contributed by atoms with van der Waals surface area (Å²) < 4.78 is 0. The molecule has 138 valence electrons. The van der Waals surface area contributed by atoms with Crippen LogP contribution in [0.25, 0.3) is 0 Å². The van der Waals surface area contributed by atoms with Crippen LogP contribution in [0.2, 0.25) is 0 Å². The lowest BCUT2D eigenvalue weighted by Gasteiger charge is -2.38. The van der Waals surface area contributed by atoms with Gasteiger partial charge in [0.05, 0.1) is 5.69 Å². The lowest BCUT2D eigenvalue weighted by Crippen LogP contribution is -2.50. The molecule has 1 aliphatic heterocycles. The number of nitrogens with zero attached hydrogens (tertiary/aromatic N) is 2. The number of thiocarbonyl (C=S) groups is 1. The summed E-state index contributed by atoms with van der Waals surface area (Å²) in [5, 5.41) is 4.29. The molecule has 3 rings (SSSR count). The van der Waals surface area contributed by atoms with Crippen LogP contribution in [0, 0.1) is 20.8 Å². The number of benzene rings is 2. The Labute approximate surface area is 166 Å². The molecule has 0 spiro atoms. The molecule has 0 amide bonds. The Morgan fingerprint density at radius 2 is 1.62 bits per heavy atom. The van der Waals surface area contributed by atoms with Gasteiger partial charge in [0, 0.05) is 36.8 Å². The molecule has 0 radical (unpaired) electrons. The average Bonchev–Trinajstić information content (AvgIpc) is 2.66. The van der Waals surface area contributed by atoms with Gasteiger partial charge >= 0.3 is 0 Å². The van der Waals surface area contributed by atoms with Crippen LogP contribution in [0.3, 0.4) is 0 Å². The number of thioether (sulfide) groups is 1. The summed E-state index contributed by atoms with van der Waals surface area (Å²) in [4.78, 5) is 6.08. The van der Waals surface area contributed by atoms with Gasteiger partial charge in [-0.2, -0.15) is 0 Å². The molecule has 1 fully saturated rings. The van der Waals surface area contributed by atoms with E-state index in [-0.39, 0.29) is 0 Å². The Hall–Kier alpha value is -1.72. The van der Waals surface area contributed by atoms with Gasteiger partial charge < -0.3 is 15.1 Å². The second-order valence-corrected chi connectivity index (χ2v) is 8.06. The van der Waals surface area contributed by atoms with Gasteiger partial charge in [-0.3, -0.25) is 0 Å². The van der Waals surface area contributed by atoms with Crippen LogP contribution in [0.1, 0.15) is 16.7 Å². The topological polar surface area (TPSA) is 18.5 Å². The third kappa shape index (κ3) is 4.15. The lowest BCUT2D eigenvalue weighted by molar-refractivity contribution is 0.390. The first-order valence-corrected chi connectivity index (χ1v) is 10.6. The summed E-state index contributed by atoms with van der Waals surface area (Å²) in [5.41, 5.74) is 6.30. The normalized spacial score (nSPS) is 14.5. The van der Waals surface area contributed by atoms with Crippen molar-refractivity contribution in [1.82, 2.24) is 4.90 Å². The fourth-order valence-corrected chi connectivity index (χ4v) is 4.24. The van der Waals surface area contributed by atoms with E-state index in [4.69, 9.17) is 12.2 Å². The van der Waals surface area contributed by atoms with E-state index in [0.29, 0.717) is 0 Å². The van der Waals surface area contributed by atoms with Crippen molar-refractivity contribution in [2.24, 2.45) is 0 Å². The van der Waals surface area contributed by atoms with Gasteiger partial charge in [0.15, 0.2) is 5.11 Å². The van der Waals surface area contributed by atoms with Gasteiger partial charge in [-0.15, -0.1) is 11.8 Å². The molecule has 1 N–H and O–H groups in total. The van der Waals surface area contributed by atoms with Gasteiger partial charge in [0.2, 0.25) is 0 Å². The van der Waals surface area contributed by atoms with Crippen LogP contribution in [0.15, 0.2) is 41.3 Å². The Bertz CT molecular complexity index is 796. The van der Waals surface area contributed by atoms with Crippen molar-refractivity contribution < 1.29 is 0 Å². The standard InChI is InChI=1S/C21H27N3S2/c1-15-13-17(3)18(14-16(15)2)22-21(25)24-11-9-23(10-12-24)19-7-5-6-8-20(19)26-4/h5-8,13-14H,9-12H2,1-4H3,(H,22,25). The lowest BCUT2D eigenvalue weighted by atomic mass is 10.1. The van der Waals surface area contributed by atoms with Crippen LogP contribution in [-0.4, -0.2) is 42.4 Å². The molecule has 0 bridgehead atoms. The molecule has 5 heteroatoms. The van der Waals surface area contributed by atoms with Gasteiger partial charge in [0.1, 0.15) is 0 Å². The predicted octanol–water partition coefficient (Wildman–Crippen LogP) is 4.85. The second-order valence-electron chi connectivity index (χ2n) is 6.83. The summed E-state index contributed by atoms with van der Waals surface area (Å²) in [5.74, 6) is 0. The van der Waals surface area contributed by atoms with Crippen LogP contribution in [0.4, 0.5) is 11.4 Å². The molecule has 0 aliphatic carbocycles. The Morgan fingerprint density at radius 1 is 0.962 bits per heavy atom. The van der Waals surface area contributed by atoms with Crippen LogP contribution in [-0.2, 0) is 0 Å². The van der Waals surface area contributed by atoms with Gasteiger partial charge in [-0.05, 0) is 74.1 Å². The third-order valence-corrected chi connectivity index (χ3v) is 6.22. The minimum atomic E-state index is 0.828. The van der Waals surface area contributed by atoms with Gasteiger partial charge in [0.25, 0.3) is 0 Å². The number of rotatable bonds is 3. The molecular formula is C21H27N3S2. The maximum Gasteiger partial charge on any atom is 0.173 e. The molecule has 2 aromatic rings. The van der Waals surface area contributed by atoms with Crippen LogP contribution < -0.4 is 10.2 Å². The van der Waals surface area contributed by atoms with Crippen LogP contribution in [0.5, 0.6) is 0 Å². The van der Waals surface area contributed by atoms with E-state index in [1.807, 2.05) is 11.8 Å².